The quantitative estimate of drug-likeness (QED) is 0.606. The molecule has 8 nitrogen and oxygen atoms in total. The summed E-state index contributed by atoms with van der Waals surface area (Å²) in [6.45, 7) is 1.79. The molecule has 1 aliphatic rings. The van der Waals surface area contributed by atoms with Gasteiger partial charge >= 0.3 is 5.97 Å². The van der Waals surface area contributed by atoms with E-state index in [1.807, 2.05) is 0 Å². The summed E-state index contributed by atoms with van der Waals surface area (Å²) in [5.41, 5.74) is 0.161. The van der Waals surface area contributed by atoms with E-state index in [4.69, 9.17) is 14.6 Å². The first-order valence-corrected chi connectivity index (χ1v) is 6.03. The first-order chi connectivity index (χ1) is 9.47. The second-order valence-corrected chi connectivity index (χ2v) is 4.46. The van der Waals surface area contributed by atoms with Crippen molar-refractivity contribution in [3.63, 3.8) is 0 Å². The van der Waals surface area contributed by atoms with Crippen LogP contribution in [0, 0.1) is 10.1 Å². The molecule has 1 aromatic carbocycles. The molecular formula is C12H14N2O6. The second-order valence-electron chi connectivity index (χ2n) is 4.46. The molecule has 0 aliphatic carbocycles. The Morgan fingerprint density at radius 3 is 2.75 bits per heavy atom. The highest BCUT2D eigenvalue weighted by Crippen LogP contribution is 2.40. The van der Waals surface area contributed by atoms with Crippen molar-refractivity contribution < 1.29 is 24.3 Å². The summed E-state index contributed by atoms with van der Waals surface area (Å²) in [5.74, 6) is -0.136. The summed E-state index contributed by atoms with van der Waals surface area (Å²) in [5, 5.41) is 22.6. The van der Waals surface area contributed by atoms with Crippen LogP contribution in [0.3, 0.4) is 0 Å². The molecule has 1 aromatic rings. The van der Waals surface area contributed by atoms with Crippen LogP contribution in [-0.4, -0.2) is 28.8 Å². The molecule has 0 saturated heterocycles. The zero-order valence-corrected chi connectivity index (χ0v) is 10.8. The number of carboxylic acid groups (broad SMARTS) is 1. The number of anilines is 1. The number of nitrogens with zero attached hydrogens (tertiary/aromatic N) is 1. The summed E-state index contributed by atoms with van der Waals surface area (Å²) >= 11 is 0. The van der Waals surface area contributed by atoms with Gasteiger partial charge in [0.25, 0.3) is 5.69 Å². The van der Waals surface area contributed by atoms with E-state index in [-0.39, 0.29) is 30.6 Å². The second kappa shape index (κ2) is 5.64. The first kappa shape index (κ1) is 13.9. The lowest BCUT2D eigenvalue weighted by molar-refractivity contribution is -0.384. The van der Waals surface area contributed by atoms with Crippen LogP contribution in [-0.2, 0) is 4.79 Å². The summed E-state index contributed by atoms with van der Waals surface area (Å²) in [6, 6.07) is 2.58. The Bertz CT molecular complexity index is 545. The fourth-order valence-electron chi connectivity index (χ4n) is 1.88. The number of nitrogens with one attached hydrogen (secondary N) is 1. The van der Waals surface area contributed by atoms with Crippen molar-refractivity contribution in [2.45, 2.75) is 25.8 Å². The number of ether oxygens (including phenoxy) is 2. The molecule has 0 fully saturated rings. The zero-order chi connectivity index (χ0) is 14.7. The molecule has 0 amide bonds. The van der Waals surface area contributed by atoms with Crippen LogP contribution in [0.1, 0.15) is 19.8 Å². The Morgan fingerprint density at radius 2 is 2.15 bits per heavy atom. The third-order valence-electron chi connectivity index (χ3n) is 2.88. The van der Waals surface area contributed by atoms with Gasteiger partial charge in [0.15, 0.2) is 11.5 Å². The number of carboxylic acids is 1. The van der Waals surface area contributed by atoms with Crippen LogP contribution in [0.2, 0.25) is 0 Å². The maximum absolute atomic E-state index is 11.0. The van der Waals surface area contributed by atoms with E-state index in [0.29, 0.717) is 17.9 Å². The van der Waals surface area contributed by atoms with Gasteiger partial charge in [-0.2, -0.15) is 0 Å². The molecule has 20 heavy (non-hydrogen) atoms. The van der Waals surface area contributed by atoms with Gasteiger partial charge in [0.1, 0.15) is 5.69 Å². The summed E-state index contributed by atoms with van der Waals surface area (Å²) in [6.07, 6.45) is 0.355. The van der Waals surface area contributed by atoms with Gasteiger partial charge in [-0.3, -0.25) is 14.9 Å². The summed E-state index contributed by atoms with van der Waals surface area (Å²) < 4.78 is 10.3. The average molecular weight is 282 g/mol. The van der Waals surface area contributed by atoms with Crippen LogP contribution in [0.15, 0.2) is 12.1 Å². The van der Waals surface area contributed by atoms with Crippen molar-refractivity contribution in [2.75, 3.05) is 12.1 Å². The van der Waals surface area contributed by atoms with Gasteiger partial charge in [-0.05, 0) is 13.3 Å². The Labute approximate surface area is 114 Å². The number of fused-ring (bicyclic) bond motifs is 1. The number of hydrogen-bond donors (Lipinski definition) is 2. The number of rotatable bonds is 6. The lowest BCUT2D eigenvalue weighted by atomic mass is 10.1. The van der Waals surface area contributed by atoms with Crippen LogP contribution in [0.4, 0.5) is 11.4 Å². The van der Waals surface area contributed by atoms with Gasteiger partial charge < -0.3 is 19.9 Å². The van der Waals surface area contributed by atoms with Crippen molar-refractivity contribution in [1.82, 2.24) is 0 Å². The SMILES string of the molecule is CC(CCC(=O)O)Nc1cc2c(cc1[N+](=O)[O-])OCO2. The van der Waals surface area contributed by atoms with Crippen LogP contribution >= 0.6 is 0 Å². The van der Waals surface area contributed by atoms with E-state index in [1.165, 1.54) is 12.1 Å². The lowest BCUT2D eigenvalue weighted by Gasteiger charge is -2.14. The number of aliphatic carboxylic acids is 1. The molecule has 1 aliphatic heterocycles. The minimum absolute atomic E-state index is 0.00742. The third-order valence-corrected chi connectivity index (χ3v) is 2.88. The van der Waals surface area contributed by atoms with E-state index >= 15 is 0 Å². The van der Waals surface area contributed by atoms with Gasteiger partial charge in [0, 0.05) is 18.5 Å². The highest BCUT2D eigenvalue weighted by atomic mass is 16.7. The fraction of sp³-hybridized carbons (Fsp3) is 0.417. The number of benzene rings is 1. The maximum Gasteiger partial charge on any atom is 0.303 e. The molecule has 108 valence electrons. The molecule has 1 atom stereocenters. The van der Waals surface area contributed by atoms with Crippen molar-refractivity contribution in [2.24, 2.45) is 0 Å². The van der Waals surface area contributed by atoms with Crippen molar-refractivity contribution in [3.05, 3.63) is 22.2 Å². The topological polar surface area (TPSA) is 111 Å². The fourth-order valence-corrected chi connectivity index (χ4v) is 1.88. The van der Waals surface area contributed by atoms with Gasteiger partial charge in [-0.15, -0.1) is 0 Å². The van der Waals surface area contributed by atoms with Crippen molar-refractivity contribution >= 4 is 17.3 Å². The summed E-state index contributed by atoms with van der Waals surface area (Å²) in [4.78, 5) is 21.0. The average Bonchev–Trinajstić information content (AvgIpc) is 2.82. The molecule has 0 saturated carbocycles. The van der Waals surface area contributed by atoms with E-state index in [9.17, 15) is 14.9 Å². The Morgan fingerprint density at radius 1 is 1.50 bits per heavy atom. The zero-order valence-electron chi connectivity index (χ0n) is 10.8. The predicted molar refractivity (Wildman–Crippen MR) is 69.2 cm³/mol. The molecule has 0 aromatic heterocycles. The van der Waals surface area contributed by atoms with Gasteiger partial charge in [-0.1, -0.05) is 0 Å². The van der Waals surface area contributed by atoms with Gasteiger partial charge in [0.2, 0.25) is 6.79 Å². The minimum atomic E-state index is -0.904. The maximum atomic E-state index is 11.0. The van der Waals surface area contributed by atoms with E-state index in [2.05, 4.69) is 5.32 Å². The monoisotopic (exact) mass is 282 g/mol. The predicted octanol–water partition coefficient (Wildman–Crippen LogP) is 1.99. The smallest absolute Gasteiger partial charge is 0.303 e. The molecule has 0 spiro atoms. The number of carbonyl (C=O) groups is 1. The highest BCUT2D eigenvalue weighted by molar-refractivity contribution is 5.69. The Balaban J connectivity index is 2.17. The largest absolute Gasteiger partial charge is 0.481 e. The van der Waals surface area contributed by atoms with Gasteiger partial charge in [0.05, 0.1) is 11.0 Å². The van der Waals surface area contributed by atoms with Crippen LogP contribution in [0.25, 0.3) is 0 Å². The first-order valence-electron chi connectivity index (χ1n) is 6.03. The van der Waals surface area contributed by atoms with E-state index in [1.54, 1.807) is 6.92 Å². The molecule has 0 bridgehead atoms. The van der Waals surface area contributed by atoms with Gasteiger partial charge in [-0.25, -0.2) is 0 Å². The minimum Gasteiger partial charge on any atom is -0.481 e. The molecule has 2 N–H and O–H groups in total. The molecule has 8 heteroatoms. The number of hydrogen-bond acceptors (Lipinski definition) is 6. The van der Waals surface area contributed by atoms with Crippen LogP contribution in [0.5, 0.6) is 11.5 Å². The Hall–Kier alpha value is -2.51. The molecule has 0 radical (unpaired) electrons. The van der Waals surface area contributed by atoms with Crippen LogP contribution < -0.4 is 14.8 Å². The van der Waals surface area contributed by atoms with Crippen molar-refractivity contribution in [3.8, 4) is 11.5 Å². The molecule has 1 heterocycles. The van der Waals surface area contributed by atoms with Crippen molar-refractivity contribution in [1.29, 1.82) is 0 Å². The lowest BCUT2D eigenvalue weighted by Crippen LogP contribution is -2.17. The molecule has 1 unspecified atom stereocenters. The number of nitro benzene ring substituents is 1. The molecule has 2 rings (SSSR count). The summed E-state index contributed by atoms with van der Waals surface area (Å²) in [7, 11) is 0. The standard InChI is InChI=1S/C12H14N2O6/c1-7(2-3-12(15)16)13-8-4-10-11(20-6-19-10)5-9(8)14(17)18/h4-5,7,13H,2-3,6H2,1H3,(H,15,16). The third kappa shape index (κ3) is 3.08. The normalized spacial score (nSPS) is 13.8. The molecular weight excluding hydrogens is 268 g/mol. The number of nitro groups is 1. The Kier molecular flexibility index (Phi) is 3.92. The van der Waals surface area contributed by atoms with E-state index in [0.717, 1.165) is 0 Å². The van der Waals surface area contributed by atoms with E-state index < -0.39 is 10.9 Å². The highest BCUT2D eigenvalue weighted by Gasteiger charge is 2.24.